The maximum absolute atomic E-state index is 6.04. The SMILES string of the molecule is Cc1cc(CNc2cc(Cl)nc(C3CC3)n2)sc1C. The van der Waals surface area contributed by atoms with Crippen molar-refractivity contribution in [3.8, 4) is 0 Å². The minimum atomic E-state index is 0.519. The molecule has 0 saturated heterocycles. The average molecular weight is 294 g/mol. The molecular formula is C14H16ClN3S. The number of hydrogen-bond acceptors (Lipinski definition) is 4. The second-order valence-corrected chi connectivity index (χ2v) is 6.74. The van der Waals surface area contributed by atoms with Gasteiger partial charge in [0.15, 0.2) is 0 Å². The fourth-order valence-electron chi connectivity index (χ4n) is 1.96. The quantitative estimate of drug-likeness (QED) is 0.854. The van der Waals surface area contributed by atoms with E-state index in [0.29, 0.717) is 11.1 Å². The summed E-state index contributed by atoms with van der Waals surface area (Å²) in [6, 6.07) is 4.01. The molecule has 5 heteroatoms. The summed E-state index contributed by atoms with van der Waals surface area (Å²) < 4.78 is 0. The van der Waals surface area contributed by atoms with Gasteiger partial charge in [0.1, 0.15) is 16.8 Å². The number of aryl methyl sites for hydroxylation is 2. The Balaban J connectivity index is 1.72. The van der Waals surface area contributed by atoms with Gasteiger partial charge in [0.2, 0.25) is 0 Å². The number of hydrogen-bond donors (Lipinski definition) is 1. The lowest BCUT2D eigenvalue weighted by atomic mass is 10.3. The summed E-state index contributed by atoms with van der Waals surface area (Å²) in [5.41, 5.74) is 1.35. The van der Waals surface area contributed by atoms with Crippen molar-refractivity contribution in [3.63, 3.8) is 0 Å². The number of aromatic nitrogens is 2. The Hall–Kier alpha value is -1.13. The molecule has 1 saturated carbocycles. The molecule has 2 aromatic heterocycles. The Labute approximate surface area is 122 Å². The minimum absolute atomic E-state index is 0.519. The topological polar surface area (TPSA) is 37.8 Å². The van der Waals surface area contributed by atoms with Gasteiger partial charge in [-0.05, 0) is 38.3 Å². The van der Waals surface area contributed by atoms with Crippen molar-refractivity contribution in [2.75, 3.05) is 5.32 Å². The van der Waals surface area contributed by atoms with Crippen LogP contribution in [0.3, 0.4) is 0 Å². The van der Waals surface area contributed by atoms with E-state index in [1.165, 1.54) is 28.2 Å². The summed E-state index contributed by atoms with van der Waals surface area (Å²) in [4.78, 5) is 11.5. The molecule has 2 aromatic rings. The van der Waals surface area contributed by atoms with E-state index in [1.54, 1.807) is 6.07 Å². The molecule has 1 aliphatic carbocycles. The van der Waals surface area contributed by atoms with E-state index < -0.39 is 0 Å². The minimum Gasteiger partial charge on any atom is -0.365 e. The van der Waals surface area contributed by atoms with E-state index >= 15 is 0 Å². The van der Waals surface area contributed by atoms with E-state index in [4.69, 9.17) is 11.6 Å². The molecule has 1 fully saturated rings. The third-order valence-electron chi connectivity index (χ3n) is 3.32. The van der Waals surface area contributed by atoms with Crippen LogP contribution in [0, 0.1) is 13.8 Å². The highest BCUT2D eigenvalue weighted by molar-refractivity contribution is 7.12. The zero-order chi connectivity index (χ0) is 13.4. The summed E-state index contributed by atoms with van der Waals surface area (Å²) in [6.45, 7) is 5.08. The van der Waals surface area contributed by atoms with Crippen LogP contribution in [-0.4, -0.2) is 9.97 Å². The Kier molecular flexibility index (Phi) is 3.46. The van der Waals surface area contributed by atoms with Crippen molar-refractivity contribution in [1.82, 2.24) is 9.97 Å². The summed E-state index contributed by atoms with van der Waals surface area (Å²) in [5, 5.41) is 3.87. The van der Waals surface area contributed by atoms with Crippen LogP contribution in [0.15, 0.2) is 12.1 Å². The monoisotopic (exact) mass is 293 g/mol. The van der Waals surface area contributed by atoms with Crippen LogP contribution in [0.5, 0.6) is 0 Å². The number of nitrogens with one attached hydrogen (secondary N) is 1. The molecule has 19 heavy (non-hydrogen) atoms. The predicted octanol–water partition coefficient (Wildman–Crippen LogP) is 4.30. The summed E-state index contributed by atoms with van der Waals surface area (Å²) >= 11 is 7.87. The zero-order valence-corrected chi connectivity index (χ0v) is 12.6. The summed E-state index contributed by atoms with van der Waals surface area (Å²) in [6.07, 6.45) is 2.37. The Morgan fingerprint density at radius 3 is 2.74 bits per heavy atom. The lowest BCUT2D eigenvalue weighted by molar-refractivity contribution is 0.922. The van der Waals surface area contributed by atoms with Crippen LogP contribution in [0.4, 0.5) is 5.82 Å². The van der Waals surface area contributed by atoms with Crippen molar-refractivity contribution in [2.45, 2.75) is 39.2 Å². The Morgan fingerprint density at radius 1 is 1.32 bits per heavy atom. The molecule has 0 amide bonds. The van der Waals surface area contributed by atoms with Crippen LogP contribution < -0.4 is 5.32 Å². The smallest absolute Gasteiger partial charge is 0.135 e. The number of thiophene rings is 1. The first-order valence-electron chi connectivity index (χ1n) is 6.46. The average Bonchev–Trinajstić information content (AvgIpc) is 3.15. The molecule has 0 atom stereocenters. The van der Waals surface area contributed by atoms with Gasteiger partial charge in [-0.25, -0.2) is 9.97 Å². The number of nitrogens with zero attached hydrogens (tertiary/aromatic N) is 2. The molecular weight excluding hydrogens is 278 g/mol. The van der Waals surface area contributed by atoms with Crippen molar-refractivity contribution in [2.24, 2.45) is 0 Å². The van der Waals surface area contributed by atoms with Gasteiger partial charge in [-0.3, -0.25) is 0 Å². The number of halogens is 1. The standard InChI is InChI=1S/C14H16ClN3S/c1-8-5-11(19-9(8)2)7-16-13-6-12(15)17-14(18-13)10-3-4-10/h5-6,10H,3-4,7H2,1-2H3,(H,16,17,18). The Bertz CT molecular complexity index is 585. The van der Waals surface area contributed by atoms with Crippen molar-refractivity contribution < 1.29 is 0 Å². The fourth-order valence-corrected chi connectivity index (χ4v) is 3.15. The van der Waals surface area contributed by atoms with Crippen LogP contribution in [0.25, 0.3) is 0 Å². The second-order valence-electron chi connectivity index (χ2n) is 5.01. The van der Waals surface area contributed by atoms with Gasteiger partial charge in [-0.2, -0.15) is 0 Å². The van der Waals surface area contributed by atoms with E-state index in [1.807, 2.05) is 11.3 Å². The molecule has 0 bridgehead atoms. The normalized spacial score (nSPS) is 14.7. The van der Waals surface area contributed by atoms with Gasteiger partial charge in [-0.15, -0.1) is 11.3 Å². The molecule has 0 aromatic carbocycles. The van der Waals surface area contributed by atoms with E-state index in [-0.39, 0.29) is 0 Å². The van der Waals surface area contributed by atoms with Crippen LogP contribution in [0.1, 0.15) is 39.9 Å². The molecule has 100 valence electrons. The van der Waals surface area contributed by atoms with Gasteiger partial charge in [-0.1, -0.05) is 11.6 Å². The predicted molar refractivity (Wildman–Crippen MR) is 80.1 cm³/mol. The van der Waals surface area contributed by atoms with E-state index in [0.717, 1.165) is 18.2 Å². The van der Waals surface area contributed by atoms with Gasteiger partial charge in [0.05, 0.1) is 6.54 Å². The Morgan fingerprint density at radius 2 is 2.11 bits per heavy atom. The van der Waals surface area contributed by atoms with E-state index in [9.17, 15) is 0 Å². The second kappa shape index (κ2) is 5.10. The zero-order valence-electron chi connectivity index (χ0n) is 11.0. The number of rotatable bonds is 4. The molecule has 3 rings (SSSR count). The molecule has 0 radical (unpaired) electrons. The maximum Gasteiger partial charge on any atom is 0.135 e. The van der Waals surface area contributed by atoms with Crippen LogP contribution in [-0.2, 0) is 6.54 Å². The lowest BCUT2D eigenvalue weighted by Gasteiger charge is -2.06. The first-order valence-corrected chi connectivity index (χ1v) is 7.65. The molecule has 3 nitrogen and oxygen atoms in total. The highest BCUT2D eigenvalue weighted by Gasteiger charge is 2.27. The fraction of sp³-hybridized carbons (Fsp3) is 0.429. The first-order chi connectivity index (χ1) is 9.11. The van der Waals surface area contributed by atoms with Gasteiger partial charge in [0.25, 0.3) is 0 Å². The summed E-state index contributed by atoms with van der Waals surface area (Å²) in [7, 11) is 0. The third-order valence-corrected chi connectivity index (χ3v) is 4.66. The molecule has 0 unspecified atom stereocenters. The third kappa shape index (κ3) is 3.07. The maximum atomic E-state index is 6.04. The van der Waals surface area contributed by atoms with Crippen molar-refractivity contribution in [1.29, 1.82) is 0 Å². The van der Waals surface area contributed by atoms with E-state index in [2.05, 4.69) is 35.2 Å². The lowest BCUT2D eigenvalue weighted by Crippen LogP contribution is -2.03. The highest BCUT2D eigenvalue weighted by Crippen LogP contribution is 2.38. The van der Waals surface area contributed by atoms with Gasteiger partial charge < -0.3 is 5.32 Å². The number of anilines is 1. The van der Waals surface area contributed by atoms with Gasteiger partial charge >= 0.3 is 0 Å². The van der Waals surface area contributed by atoms with Crippen LogP contribution in [0.2, 0.25) is 5.15 Å². The summed E-state index contributed by atoms with van der Waals surface area (Å²) in [5.74, 6) is 2.23. The van der Waals surface area contributed by atoms with Gasteiger partial charge in [0, 0.05) is 21.7 Å². The molecule has 0 aliphatic heterocycles. The van der Waals surface area contributed by atoms with Crippen molar-refractivity contribution >= 4 is 28.8 Å². The first kappa shape index (κ1) is 12.9. The molecule has 2 heterocycles. The highest BCUT2D eigenvalue weighted by atomic mass is 35.5. The molecule has 1 N–H and O–H groups in total. The largest absolute Gasteiger partial charge is 0.365 e. The van der Waals surface area contributed by atoms with Crippen molar-refractivity contribution in [3.05, 3.63) is 38.4 Å². The van der Waals surface area contributed by atoms with Crippen LogP contribution >= 0.6 is 22.9 Å². The molecule has 1 aliphatic rings. The molecule has 0 spiro atoms.